The quantitative estimate of drug-likeness (QED) is 0.756. The molecule has 1 aromatic heterocycles. The Kier molecular flexibility index (Phi) is 6.04. The van der Waals surface area contributed by atoms with E-state index in [9.17, 15) is 9.90 Å². The smallest absolute Gasteiger partial charge is 0.290 e. The molecule has 1 aromatic rings. The zero-order valence-corrected chi connectivity index (χ0v) is 14.6. The lowest BCUT2D eigenvalue weighted by molar-refractivity contribution is -0.172. The summed E-state index contributed by atoms with van der Waals surface area (Å²) in [5, 5.41) is 12.0. The van der Waals surface area contributed by atoms with Gasteiger partial charge in [-0.05, 0) is 62.7 Å². The van der Waals surface area contributed by atoms with Gasteiger partial charge in [0.1, 0.15) is 0 Å². The summed E-state index contributed by atoms with van der Waals surface area (Å²) in [6.07, 6.45) is 8.67. The van der Waals surface area contributed by atoms with Crippen LogP contribution in [-0.2, 0) is 14.3 Å². The largest absolute Gasteiger partial charge is 0.459 e. The molecule has 25 heavy (non-hydrogen) atoms. The number of anilines is 1. The van der Waals surface area contributed by atoms with Crippen molar-refractivity contribution in [1.29, 1.82) is 0 Å². The maximum atomic E-state index is 12.6. The molecule has 1 aliphatic carbocycles. The number of amides is 1. The Balaban J connectivity index is 1.77. The van der Waals surface area contributed by atoms with E-state index in [0.29, 0.717) is 30.4 Å². The van der Waals surface area contributed by atoms with Gasteiger partial charge in [-0.2, -0.15) is 0 Å². The van der Waals surface area contributed by atoms with Crippen LogP contribution in [0.3, 0.4) is 0 Å². The van der Waals surface area contributed by atoms with Crippen LogP contribution in [0.5, 0.6) is 0 Å². The number of aliphatic hydroxyl groups excluding tert-OH is 1. The van der Waals surface area contributed by atoms with Crippen molar-refractivity contribution in [3.63, 3.8) is 0 Å². The summed E-state index contributed by atoms with van der Waals surface area (Å²) >= 11 is 0. The third kappa shape index (κ3) is 4.58. The molecular weight excluding hydrogens is 320 g/mol. The summed E-state index contributed by atoms with van der Waals surface area (Å²) in [6, 6.07) is 3.56. The van der Waals surface area contributed by atoms with Gasteiger partial charge >= 0.3 is 0 Å². The van der Waals surface area contributed by atoms with Crippen molar-refractivity contribution in [1.82, 2.24) is 4.98 Å². The van der Waals surface area contributed by atoms with Gasteiger partial charge in [-0.3, -0.25) is 9.78 Å². The van der Waals surface area contributed by atoms with Crippen LogP contribution in [0.1, 0.15) is 32.6 Å². The van der Waals surface area contributed by atoms with Gasteiger partial charge < -0.3 is 19.9 Å². The molecule has 0 saturated heterocycles. The number of carbonyl (C=O) groups is 1. The highest BCUT2D eigenvalue weighted by atomic mass is 16.7. The van der Waals surface area contributed by atoms with Crippen LogP contribution in [0.25, 0.3) is 0 Å². The lowest BCUT2D eigenvalue weighted by Crippen LogP contribution is -2.39. The van der Waals surface area contributed by atoms with Crippen molar-refractivity contribution in [3.05, 3.63) is 36.4 Å². The standard InChI is InChI=1S/C19H26N2O4/c1-2-24-19-15(6-4-10-22)16(13-7-8-13)11-17(25-19)18(23)21-14-5-3-9-20-12-14/h3,5,9,11-13,15-16,19,22H,2,4,6-8,10H2,1H3,(H,21,23)/t15-,16-,19-/m0/s1. The molecule has 0 aromatic carbocycles. The summed E-state index contributed by atoms with van der Waals surface area (Å²) in [6.45, 7) is 2.60. The Bertz CT molecular complexity index is 601. The van der Waals surface area contributed by atoms with Crippen LogP contribution in [0.4, 0.5) is 5.69 Å². The number of nitrogens with zero attached hydrogens (tertiary/aromatic N) is 1. The normalized spacial score (nSPS) is 25.8. The average Bonchev–Trinajstić information content (AvgIpc) is 3.46. The van der Waals surface area contributed by atoms with Crippen molar-refractivity contribution < 1.29 is 19.4 Å². The first-order valence-electron chi connectivity index (χ1n) is 9.05. The average molecular weight is 346 g/mol. The molecule has 136 valence electrons. The lowest BCUT2D eigenvalue weighted by Gasteiger charge is -2.37. The van der Waals surface area contributed by atoms with Crippen molar-refractivity contribution in [2.24, 2.45) is 17.8 Å². The molecule has 3 rings (SSSR count). The molecule has 0 bridgehead atoms. The van der Waals surface area contributed by atoms with Gasteiger partial charge in [0, 0.05) is 25.3 Å². The predicted octanol–water partition coefficient (Wildman–Crippen LogP) is 2.71. The van der Waals surface area contributed by atoms with Gasteiger partial charge in [-0.1, -0.05) is 0 Å². The zero-order valence-electron chi connectivity index (χ0n) is 14.6. The summed E-state index contributed by atoms with van der Waals surface area (Å²) in [7, 11) is 0. The van der Waals surface area contributed by atoms with Crippen LogP contribution in [0.2, 0.25) is 0 Å². The van der Waals surface area contributed by atoms with Gasteiger partial charge in [-0.25, -0.2) is 0 Å². The number of aliphatic hydroxyl groups is 1. The van der Waals surface area contributed by atoms with Crippen LogP contribution in [-0.4, -0.2) is 35.5 Å². The highest BCUT2D eigenvalue weighted by Gasteiger charge is 2.43. The molecule has 1 amide bonds. The highest BCUT2D eigenvalue weighted by molar-refractivity contribution is 6.02. The van der Waals surface area contributed by atoms with E-state index in [4.69, 9.17) is 9.47 Å². The maximum absolute atomic E-state index is 12.6. The summed E-state index contributed by atoms with van der Waals surface area (Å²) in [5.74, 6) is 1.06. The van der Waals surface area contributed by atoms with Gasteiger partial charge in [0.25, 0.3) is 5.91 Å². The Hall–Kier alpha value is -1.92. The van der Waals surface area contributed by atoms with E-state index in [1.54, 1.807) is 24.5 Å². The van der Waals surface area contributed by atoms with E-state index < -0.39 is 6.29 Å². The molecule has 0 radical (unpaired) electrons. The molecule has 2 aliphatic rings. The topological polar surface area (TPSA) is 80.7 Å². The molecular formula is C19H26N2O4. The van der Waals surface area contributed by atoms with Crippen LogP contribution >= 0.6 is 0 Å². The summed E-state index contributed by atoms with van der Waals surface area (Å²) < 4.78 is 11.7. The number of aromatic nitrogens is 1. The Labute approximate surface area is 148 Å². The Morgan fingerprint density at radius 3 is 2.96 bits per heavy atom. The molecule has 0 unspecified atom stereocenters. The van der Waals surface area contributed by atoms with E-state index in [-0.39, 0.29) is 24.3 Å². The summed E-state index contributed by atoms with van der Waals surface area (Å²) in [4.78, 5) is 16.6. The monoisotopic (exact) mass is 346 g/mol. The van der Waals surface area contributed by atoms with Crippen LogP contribution in [0, 0.1) is 17.8 Å². The second kappa shape index (κ2) is 8.45. The van der Waals surface area contributed by atoms with Crippen molar-refractivity contribution in [3.8, 4) is 0 Å². The number of rotatable bonds is 8. The SMILES string of the molecule is CCO[C@H]1OC(C(=O)Nc2cccnc2)=C[C@@H](C2CC2)[C@@H]1CCCO. The highest BCUT2D eigenvalue weighted by Crippen LogP contribution is 2.47. The van der Waals surface area contributed by atoms with E-state index in [2.05, 4.69) is 10.3 Å². The minimum atomic E-state index is -0.443. The second-order valence-corrected chi connectivity index (χ2v) is 6.61. The minimum Gasteiger partial charge on any atom is -0.459 e. The lowest BCUT2D eigenvalue weighted by atomic mass is 9.82. The molecule has 2 heterocycles. The molecule has 6 nitrogen and oxygen atoms in total. The fourth-order valence-electron chi connectivity index (χ4n) is 3.43. The number of nitrogens with one attached hydrogen (secondary N) is 1. The Morgan fingerprint density at radius 1 is 1.48 bits per heavy atom. The predicted molar refractivity (Wildman–Crippen MR) is 93.5 cm³/mol. The molecule has 1 saturated carbocycles. The zero-order chi connectivity index (χ0) is 17.6. The number of carbonyl (C=O) groups excluding carboxylic acids is 1. The fraction of sp³-hybridized carbons (Fsp3) is 0.579. The van der Waals surface area contributed by atoms with E-state index in [1.807, 2.05) is 13.0 Å². The van der Waals surface area contributed by atoms with Gasteiger partial charge in [0.05, 0.1) is 11.9 Å². The van der Waals surface area contributed by atoms with Gasteiger partial charge in [-0.15, -0.1) is 0 Å². The second-order valence-electron chi connectivity index (χ2n) is 6.61. The first-order valence-corrected chi connectivity index (χ1v) is 9.05. The number of hydrogen-bond acceptors (Lipinski definition) is 5. The van der Waals surface area contributed by atoms with Gasteiger partial charge in [0.15, 0.2) is 5.76 Å². The van der Waals surface area contributed by atoms with Crippen LogP contribution in [0.15, 0.2) is 36.4 Å². The number of pyridine rings is 1. The number of allylic oxidation sites excluding steroid dienone is 1. The Morgan fingerprint density at radius 2 is 2.32 bits per heavy atom. The molecule has 3 atom stereocenters. The van der Waals surface area contributed by atoms with Crippen molar-refractivity contribution in [2.75, 3.05) is 18.5 Å². The molecule has 0 spiro atoms. The third-order valence-corrected chi connectivity index (χ3v) is 4.77. The molecule has 1 aliphatic heterocycles. The minimum absolute atomic E-state index is 0.158. The van der Waals surface area contributed by atoms with E-state index in [1.165, 1.54) is 12.8 Å². The molecule has 1 fully saturated rings. The van der Waals surface area contributed by atoms with Crippen LogP contribution < -0.4 is 5.32 Å². The first-order chi connectivity index (χ1) is 12.2. The maximum Gasteiger partial charge on any atom is 0.290 e. The van der Waals surface area contributed by atoms with E-state index >= 15 is 0 Å². The number of ether oxygens (including phenoxy) is 2. The van der Waals surface area contributed by atoms with Crippen molar-refractivity contribution >= 4 is 11.6 Å². The third-order valence-electron chi connectivity index (χ3n) is 4.77. The van der Waals surface area contributed by atoms with E-state index in [0.717, 1.165) is 6.42 Å². The first kappa shape index (κ1) is 17.9. The molecule has 6 heteroatoms. The van der Waals surface area contributed by atoms with Crippen molar-refractivity contribution in [2.45, 2.75) is 38.9 Å². The summed E-state index contributed by atoms with van der Waals surface area (Å²) in [5.41, 5.74) is 0.635. The number of hydrogen-bond donors (Lipinski definition) is 2. The van der Waals surface area contributed by atoms with Gasteiger partial charge in [0.2, 0.25) is 6.29 Å². The molecule has 2 N–H and O–H groups in total. The fourth-order valence-corrected chi connectivity index (χ4v) is 3.43.